The molecule has 0 radical (unpaired) electrons. The molecule has 1 unspecified atom stereocenters. The molecule has 1 atom stereocenters. The first-order valence-electron chi connectivity index (χ1n) is 7.30. The van der Waals surface area contributed by atoms with Gasteiger partial charge in [-0.3, -0.25) is 9.48 Å². The summed E-state index contributed by atoms with van der Waals surface area (Å²) in [5.74, 6) is 0.532. The van der Waals surface area contributed by atoms with Crippen LogP contribution >= 0.6 is 11.6 Å². The summed E-state index contributed by atoms with van der Waals surface area (Å²) in [5, 5.41) is 4.35. The van der Waals surface area contributed by atoms with Gasteiger partial charge in [-0.05, 0) is 19.8 Å². The summed E-state index contributed by atoms with van der Waals surface area (Å²) in [5.41, 5.74) is 8.09. The number of primary amides is 1. The van der Waals surface area contributed by atoms with Crippen LogP contribution in [0.3, 0.4) is 0 Å². The van der Waals surface area contributed by atoms with Crippen molar-refractivity contribution in [3.05, 3.63) is 11.5 Å². The van der Waals surface area contributed by atoms with Crippen LogP contribution in [0.1, 0.15) is 50.0 Å². The summed E-state index contributed by atoms with van der Waals surface area (Å²) in [4.78, 5) is 15.6. The van der Waals surface area contributed by atoms with Crippen LogP contribution in [-0.2, 0) is 24.8 Å². The quantitative estimate of drug-likeness (QED) is 0.797. The van der Waals surface area contributed by atoms with E-state index in [2.05, 4.69) is 21.6 Å². The molecular formula is C14H22ClN5O. The molecule has 2 heterocycles. The third kappa shape index (κ3) is 3.20. The Morgan fingerprint density at radius 2 is 2.19 bits per heavy atom. The van der Waals surface area contributed by atoms with E-state index in [1.54, 1.807) is 0 Å². The molecule has 0 saturated heterocycles. The molecule has 116 valence electrons. The summed E-state index contributed by atoms with van der Waals surface area (Å²) in [7, 11) is 1.91. The lowest BCUT2D eigenvalue weighted by molar-refractivity contribution is -0.118. The maximum absolute atomic E-state index is 10.9. The lowest BCUT2D eigenvalue weighted by Gasteiger charge is -2.10. The van der Waals surface area contributed by atoms with Crippen LogP contribution in [0, 0.1) is 0 Å². The van der Waals surface area contributed by atoms with Gasteiger partial charge in [0.2, 0.25) is 5.91 Å². The molecule has 0 aliphatic heterocycles. The second-order valence-corrected chi connectivity index (χ2v) is 5.95. The molecule has 0 aliphatic rings. The van der Waals surface area contributed by atoms with Crippen molar-refractivity contribution in [1.29, 1.82) is 0 Å². The maximum Gasteiger partial charge on any atom is 0.217 e. The van der Waals surface area contributed by atoms with Gasteiger partial charge in [-0.25, -0.2) is 4.98 Å². The number of aryl methyl sites for hydroxylation is 3. The normalized spacial score (nSPS) is 13.0. The SMILES string of the molecule is CCCc1nn(C)c2c1nc(C(C)Cl)n2CCCC(N)=O. The molecule has 0 aromatic carbocycles. The minimum absolute atomic E-state index is 0.194. The Morgan fingerprint density at radius 1 is 1.48 bits per heavy atom. The van der Waals surface area contributed by atoms with Crippen molar-refractivity contribution in [3.8, 4) is 0 Å². The average Bonchev–Trinajstić information content (AvgIpc) is 2.90. The number of halogens is 1. The van der Waals surface area contributed by atoms with Gasteiger partial charge in [0.1, 0.15) is 11.3 Å². The molecule has 0 bridgehead atoms. The van der Waals surface area contributed by atoms with Gasteiger partial charge < -0.3 is 10.3 Å². The second-order valence-electron chi connectivity index (χ2n) is 5.30. The van der Waals surface area contributed by atoms with Crippen molar-refractivity contribution in [3.63, 3.8) is 0 Å². The smallest absolute Gasteiger partial charge is 0.217 e. The number of nitrogens with zero attached hydrogens (tertiary/aromatic N) is 4. The highest BCUT2D eigenvalue weighted by Gasteiger charge is 2.21. The fourth-order valence-corrected chi connectivity index (χ4v) is 2.77. The second kappa shape index (κ2) is 6.47. The molecule has 2 aromatic rings. The molecule has 2 rings (SSSR count). The van der Waals surface area contributed by atoms with Gasteiger partial charge in [0.05, 0.1) is 11.1 Å². The van der Waals surface area contributed by atoms with E-state index in [0.717, 1.165) is 35.5 Å². The van der Waals surface area contributed by atoms with Gasteiger partial charge in [-0.1, -0.05) is 13.3 Å². The minimum atomic E-state index is -0.288. The van der Waals surface area contributed by atoms with Gasteiger partial charge in [0.25, 0.3) is 0 Å². The number of nitrogens with two attached hydrogens (primary N) is 1. The highest BCUT2D eigenvalue weighted by Crippen LogP contribution is 2.27. The highest BCUT2D eigenvalue weighted by atomic mass is 35.5. The standard InChI is InChI=1S/C14H22ClN5O/c1-4-6-10-12-14(19(3)18-10)20(8-5-7-11(16)21)13(17-12)9(2)15/h9H,4-8H2,1-3H3,(H2,16,21). The first kappa shape index (κ1) is 15.8. The van der Waals surface area contributed by atoms with E-state index in [1.807, 2.05) is 18.7 Å². The predicted molar refractivity (Wildman–Crippen MR) is 83.2 cm³/mol. The summed E-state index contributed by atoms with van der Waals surface area (Å²) >= 11 is 6.26. The molecule has 2 aromatic heterocycles. The van der Waals surface area contributed by atoms with E-state index in [0.29, 0.717) is 19.4 Å². The summed E-state index contributed by atoms with van der Waals surface area (Å²) in [6, 6.07) is 0. The van der Waals surface area contributed by atoms with Crippen LogP contribution in [-0.4, -0.2) is 25.2 Å². The Morgan fingerprint density at radius 3 is 2.76 bits per heavy atom. The van der Waals surface area contributed by atoms with Gasteiger partial charge in [-0.2, -0.15) is 5.10 Å². The molecule has 21 heavy (non-hydrogen) atoms. The number of rotatable bonds is 7. The molecule has 0 spiro atoms. The van der Waals surface area contributed by atoms with Gasteiger partial charge in [0.15, 0.2) is 5.65 Å². The van der Waals surface area contributed by atoms with E-state index in [1.165, 1.54) is 0 Å². The van der Waals surface area contributed by atoms with Crippen molar-refractivity contribution in [1.82, 2.24) is 19.3 Å². The summed E-state index contributed by atoms with van der Waals surface area (Å²) in [6.07, 6.45) is 2.94. The third-order valence-corrected chi connectivity index (χ3v) is 3.66. The minimum Gasteiger partial charge on any atom is -0.370 e. The molecule has 1 amide bonds. The largest absolute Gasteiger partial charge is 0.370 e. The van der Waals surface area contributed by atoms with Gasteiger partial charge in [-0.15, -0.1) is 11.6 Å². The summed E-state index contributed by atoms with van der Waals surface area (Å²) in [6.45, 7) is 4.69. The van der Waals surface area contributed by atoms with Crippen LogP contribution in [0.2, 0.25) is 0 Å². The van der Waals surface area contributed by atoms with Crippen molar-refractivity contribution in [2.45, 2.75) is 51.5 Å². The number of amides is 1. The molecule has 2 N–H and O–H groups in total. The van der Waals surface area contributed by atoms with E-state index in [9.17, 15) is 4.79 Å². The van der Waals surface area contributed by atoms with Crippen molar-refractivity contribution in [2.24, 2.45) is 12.8 Å². The number of alkyl halides is 1. The Balaban J connectivity index is 2.44. The molecule has 0 fully saturated rings. The molecule has 0 aliphatic carbocycles. The Hall–Kier alpha value is -1.56. The first-order valence-corrected chi connectivity index (χ1v) is 7.73. The monoisotopic (exact) mass is 311 g/mol. The average molecular weight is 312 g/mol. The number of fused-ring (bicyclic) bond motifs is 1. The zero-order valence-electron chi connectivity index (χ0n) is 12.8. The zero-order chi connectivity index (χ0) is 15.6. The predicted octanol–water partition coefficient (Wildman–Crippen LogP) is 2.29. The Kier molecular flexibility index (Phi) is 4.88. The fraction of sp³-hybridized carbons (Fsp3) is 0.643. The molecule has 7 heteroatoms. The number of imidazole rings is 1. The number of carbonyl (C=O) groups excluding carboxylic acids is 1. The van der Waals surface area contributed by atoms with Crippen LogP contribution < -0.4 is 5.73 Å². The third-order valence-electron chi connectivity index (χ3n) is 3.47. The highest BCUT2D eigenvalue weighted by molar-refractivity contribution is 6.20. The van der Waals surface area contributed by atoms with Crippen molar-refractivity contribution in [2.75, 3.05) is 0 Å². The van der Waals surface area contributed by atoms with Gasteiger partial charge in [0, 0.05) is 20.0 Å². The Bertz CT molecular complexity index is 643. The Labute approximate surface area is 129 Å². The molecule has 0 saturated carbocycles. The van der Waals surface area contributed by atoms with Crippen molar-refractivity contribution < 1.29 is 4.79 Å². The molecule has 6 nitrogen and oxygen atoms in total. The first-order chi connectivity index (χ1) is 9.95. The van der Waals surface area contributed by atoms with E-state index in [4.69, 9.17) is 17.3 Å². The summed E-state index contributed by atoms with van der Waals surface area (Å²) < 4.78 is 3.91. The number of aromatic nitrogens is 4. The lowest BCUT2D eigenvalue weighted by Crippen LogP contribution is -2.13. The maximum atomic E-state index is 10.9. The number of hydrogen-bond acceptors (Lipinski definition) is 3. The van der Waals surface area contributed by atoms with Crippen LogP contribution in [0.25, 0.3) is 11.2 Å². The van der Waals surface area contributed by atoms with Crippen LogP contribution in [0.5, 0.6) is 0 Å². The topological polar surface area (TPSA) is 78.7 Å². The fourth-order valence-electron chi connectivity index (χ4n) is 2.60. The van der Waals surface area contributed by atoms with Crippen molar-refractivity contribution >= 4 is 28.7 Å². The zero-order valence-corrected chi connectivity index (χ0v) is 13.5. The van der Waals surface area contributed by atoms with Gasteiger partial charge >= 0.3 is 0 Å². The number of hydrogen-bond donors (Lipinski definition) is 1. The number of carbonyl (C=O) groups is 1. The van der Waals surface area contributed by atoms with Crippen LogP contribution in [0.15, 0.2) is 0 Å². The van der Waals surface area contributed by atoms with E-state index < -0.39 is 0 Å². The van der Waals surface area contributed by atoms with E-state index >= 15 is 0 Å². The lowest BCUT2D eigenvalue weighted by atomic mass is 10.2. The van der Waals surface area contributed by atoms with Crippen LogP contribution in [0.4, 0.5) is 0 Å². The van der Waals surface area contributed by atoms with E-state index in [-0.39, 0.29) is 11.3 Å². The molecular weight excluding hydrogens is 290 g/mol.